The number of H-pyrrole nitrogens is 1. The van der Waals surface area contributed by atoms with E-state index >= 15 is 0 Å². The van der Waals surface area contributed by atoms with Crippen LogP contribution in [0, 0.1) is 11.8 Å². The quantitative estimate of drug-likeness (QED) is 0.512. The lowest BCUT2D eigenvalue weighted by atomic mass is 9.92. The molecule has 1 atom stereocenters. The molecule has 2 heterocycles. The van der Waals surface area contributed by atoms with Crippen LogP contribution in [0.25, 0.3) is 0 Å². The Balaban J connectivity index is 1.20. The summed E-state index contributed by atoms with van der Waals surface area (Å²) in [5, 5.41) is 13.7. The number of hydrogen-bond acceptors (Lipinski definition) is 5. The fraction of sp³-hybridized carbons (Fsp3) is 0.333. The predicted octanol–water partition coefficient (Wildman–Crippen LogP) is 3.03. The summed E-state index contributed by atoms with van der Waals surface area (Å²) in [6.45, 7) is 2.49. The maximum atomic E-state index is 11.7. The highest BCUT2D eigenvalue weighted by Crippen LogP contribution is 2.51. The van der Waals surface area contributed by atoms with E-state index in [1.807, 2.05) is 12.1 Å². The second kappa shape index (κ2) is 9.22. The van der Waals surface area contributed by atoms with Gasteiger partial charge in [-0.05, 0) is 61.1 Å². The molecule has 0 radical (unpaired) electrons. The predicted molar refractivity (Wildman–Crippen MR) is 126 cm³/mol. The monoisotopic (exact) mass is 441 g/mol. The van der Waals surface area contributed by atoms with Gasteiger partial charge in [0.05, 0.1) is 18.6 Å². The molecule has 1 aliphatic heterocycles. The Kier molecular flexibility index (Phi) is 5.99. The lowest BCUT2D eigenvalue weighted by molar-refractivity contribution is 0.190. The highest BCUT2D eigenvalue weighted by Gasteiger charge is 2.47. The van der Waals surface area contributed by atoms with Gasteiger partial charge in [0.2, 0.25) is 5.75 Å². The van der Waals surface area contributed by atoms with Crippen LogP contribution in [0.2, 0.25) is 0 Å². The number of rotatable bonds is 6. The Bertz CT molecular complexity index is 1230. The van der Waals surface area contributed by atoms with Gasteiger partial charge >= 0.3 is 0 Å². The number of aromatic nitrogens is 2. The molecule has 3 N–H and O–H groups in total. The summed E-state index contributed by atoms with van der Waals surface area (Å²) in [4.78, 5) is 18.4. The summed E-state index contributed by atoms with van der Waals surface area (Å²) >= 11 is 0. The van der Waals surface area contributed by atoms with Crippen LogP contribution in [0.15, 0.2) is 59.7 Å². The Morgan fingerprint density at radius 1 is 1.06 bits per heavy atom. The molecule has 2 fully saturated rings. The van der Waals surface area contributed by atoms with Crippen LogP contribution in [0.3, 0.4) is 0 Å². The second-order valence-electron chi connectivity index (χ2n) is 8.97. The lowest BCUT2D eigenvalue weighted by Gasteiger charge is -2.15. The third kappa shape index (κ3) is 5.00. The van der Waals surface area contributed by atoms with Crippen LogP contribution in [0.5, 0.6) is 5.75 Å². The average Bonchev–Trinajstić information content (AvgIpc) is 3.41. The largest absolute Gasteiger partial charge is 0.502 e. The van der Waals surface area contributed by atoms with Crippen molar-refractivity contribution in [2.45, 2.75) is 43.7 Å². The Morgan fingerprint density at radius 3 is 2.33 bits per heavy atom. The van der Waals surface area contributed by atoms with Crippen LogP contribution >= 0.6 is 0 Å². The molecule has 0 spiro atoms. The first-order valence-electron chi connectivity index (χ1n) is 11.4. The Morgan fingerprint density at radius 2 is 1.73 bits per heavy atom. The SMILES string of the molecule is O=c1[nH]cnc(C2(Cc3ccc(C#Cc4ccc(CNC5CCOC5)cc4)cc3)CC2)c1O. The van der Waals surface area contributed by atoms with Gasteiger partial charge in [-0.15, -0.1) is 0 Å². The molecule has 1 saturated heterocycles. The fourth-order valence-electron chi connectivity index (χ4n) is 4.33. The van der Waals surface area contributed by atoms with Gasteiger partial charge in [0, 0.05) is 35.7 Å². The van der Waals surface area contributed by atoms with Crippen molar-refractivity contribution >= 4 is 0 Å². The first-order valence-corrected chi connectivity index (χ1v) is 11.4. The highest BCUT2D eigenvalue weighted by atomic mass is 16.5. The minimum Gasteiger partial charge on any atom is -0.502 e. The first kappa shape index (κ1) is 21.4. The molecule has 1 unspecified atom stereocenters. The van der Waals surface area contributed by atoms with Gasteiger partial charge in [0.15, 0.2) is 0 Å². The normalized spacial score (nSPS) is 18.5. The molecule has 168 valence electrons. The fourth-order valence-corrected chi connectivity index (χ4v) is 4.33. The van der Waals surface area contributed by atoms with Crippen molar-refractivity contribution in [2.24, 2.45) is 0 Å². The number of nitrogens with zero attached hydrogens (tertiary/aromatic N) is 1. The minimum absolute atomic E-state index is 0.243. The highest BCUT2D eigenvalue weighted by molar-refractivity contribution is 5.45. The Labute approximate surface area is 193 Å². The van der Waals surface area contributed by atoms with E-state index in [1.165, 1.54) is 11.9 Å². The molecule has 1 aromatic heterocycles. The lowest BCUT2D eigenvalue weighted by Crippen LogP contribution is -2.28. The number of benzene rings is 2. The average molecular weight is 442 g/mol. The topological polar surface area (TPSA) is 87.2 Å². The van der Waals surface area contributed by atoms with Gasteiger partial charge in [0.1, 0.15) is 0 Å². The molecular weight excluding hydrogens is 414 g/mol. The molecule has 0 bridgehead atoms. The zero-order valence-electron chi connectivity index (χ0n) is 18.4. The standard InChI is InChI=1S/C27H27N3O3/c31-24-25(29-18-30-26(24)32)27(12-13-27)15-21-7-3-19(4-8-21)1-2-20-5-9-22(10-6-20)16-28-23-11-14-33-17-23/h3-10,18,23,28,31H,11-17H2,(H,29,30,32). The smallest absolute Gasteiger partial charge is 0.293 e. The van der Waals surface area contributed by atoms with Crippen LogP contribution < -0.4 is 10.9 Å². The van der Waals surface area contributed by atoms with E-state index in [0.717, 1.165) is 62.1 Å². The van der Waals surface area contributed by atoms with Gasteiger partial charge in [-0.2, -0.15) is 0 Å². The molecule has 5 rings (SSSR count). The van der Waals surface area contributed by atoms with E-state index in [1.54, 1.807) is 0 Å². The van der Waals surface area contributed by atoms with Crippen molar-refractivity contribution in [3.8, 4) is 17.6 Å². The molecule has 6 nitrogen and oxygen atoms in total. The van der Waals surface area contributed by atoms with Gasteiger partial charge in [0.25, 0.3) is 5.56 Å². The van der Waals surface area contributed by atoms with Crippen molar-refractivity contribution in [1.82, 2.24) is 15.3 Å². The Hall–Kier alpha value is -3.40. The van der Waals surface area contributed by atoms with Crippen LogP contribution in [-0.4, -0.2) is 34.3 Å². The van der Waals surface area contributed by atoms with Crippen LogP contribution in [0.4, 0.5) is 0 Å². The summed E-state index contributed by atoms with van der Waals surface area (Å²) in [5.41, 5.74) is 4.10. The second-order valence-corrected chi connectivity index (χ2v) is 8.97. The third-order valence-corrected chi connectivity index (χ3v) is 6.51. The molecule has 2 aromatic carbocycles. The maximum Gasteiger partial charge on any atom is 0.293 e. The summed E-state index contributed by atoms with van der Waals surface area (Å²) in [5.74, 6) is 6.21. The molecule has 2 aliphatic rings. The van der Waals surface area contributed by atoms with Gasteiger partial charge in [-0.25, -0.2) is 4.98 Å². The van der Waals surface area contributed by atoms with Crippen molar-refractivity contribution < 1.29 is 9.84 Å². The zero-order valence-corrected chi connectivity index (χ0v) is 18.4. The summed E-state index contributed by atoms with van der Waals surface area (Å²) in [7, 11) is 0. The number of hydrogen-bond donors (Lipinski definition) is 3. The molecular formula is C27H27N3O3. The maximum absolute atomic E-state index is 11.7. The van der Waals surface area contributed by atoms with Crippen molar-refractivity contribution in [1.29, 1.82) is 0 Å². The van der Waals surface area contributed by atoms with E-state index in [0.29, 0.717) is 11.7 Å². The van der Waals surface area contributed by atoms with E-state index in [4.69, 9.17) is 4.74 Å². The molecule has 33 heavy (non-hydrogen) atoms. The number of nitrogens with one attached hydrogen (secondary N) is 2. The molecule has 1 aliphatic carbocycles. The van der Waals surface area contributed by atoms with Gasteiger partial charge < -0.3 is 20.1 Å². The van der Waals surface area contributed by atoms with E-state index in [2.05, 4.69) is 63.5 Å². The first-order chi connectivity index (χ1) is 16.1. The molecule has 3 aromatic rings. The minimum atomic E-state index is -0.482. The summed E-state index contributed by atoms with van der Waals surface area (Å²) in [6.07, 6.45) is 5.02. The third-order valence-electron chi connectivity index (χ3n) is 6.51. The van der Waals surface area contributed by atoms with E-state index in [9.17, 15) is 9.90 Å². The molecule has 0 amide bonds. The summed E-state index contributed by atoms with van der Waals surface area (Å²) in [6, 6.07) is 17.0. The van der Waals surface area contributed by atoms with Crippen molar-refractivity contribution in [2.75, 3.05) is 13.2 Å². The number of ether oxygens (including phenoxy) is 1. The van der Waals surface area contributed by atoms with E-state index < -0.39 is 5.56 Å². The van der Waals surface area contributed by atoms with E-state index in [-0.39, 0.29) is 11.2 Å². The van der Waals surface area contributed by atoms with Crippen molar-refractivity contribution in [3.63, 3.8) is 0 Å². The zero-order chi connectivity index (χ0) is 22.7. The van der Waals surface area contributed by atoms with Crippen LogP contribution in [-0.2, 0) is 23.1 Å². The molecule has 1 saturated carbocycles. The van der Waals surface area contributed by atoms with Crippen LogP contribution in [0.1, 0.15) is 47.2 Å². The number of aromatic hydroxyl groups is 1. The molecule has 6 heteroatoms. The number of aromatic amines is 1. The van der Waals surface area contributed by atoms with Gasteiger partial charge in [-0.1, -0.05) is 36.1 Å². The van der Waals surface area contributed by atoms with Crippen molar-refractivity contribution in [3.05, 3.63) is 93.2 Å². The summed E-state index contributed by atoms with van der Waals surface area (Å²) < 4.78 is 5.40. The van der Waals surface area contributed by atoms with Gasteiger partial charge in [-0.3, -0.25) is 4.79 Å².